The number of hydrogen-bond donors (Lipinski definition) is 3. The third-order valence-corrected chi connectivity index (χ3v) is 5.12. The molecular weight excluding hydrogens is 318 g/mol. The molecule has 0 saturated heterocycles. The molecule has 3 N–H and O–H groups in total. The van der Waals surface area contributed by atoms with E-state index in [-0.39, 0.29) is 6.04 Å². The number of nitrogens with zero attached hydrogens (tertiary/aromatic N) is 1. The van der Waals surface area contributed by atoms with Crippen LogP contribution in [0.1, 0.15) is 35.5 Å². The fourth-order valence-electron chi connectivity index (χ4n) is 2.71. The summed E-state index contributed by atoms with van der Waals surface area (Å²) < 4.78 is 0. The van der Waals surface area contributed by atoms with Crippen molar-refractivity contribution in [2.75, 3.05) is 0 Å². The average Bonchev–Trinajstić information content (AvgIpc) is 3.25. The second kappa shape index (κ2) is 7.75. The van der Waals surface area contributed by atoms with Crippen molar-refractivity contribution >= 4 is 11.3 Å². The highest BCUT2D eigenvalue weighted by atomic mass is 32.1. The number of aryl methyl sites for hydroxylation is 1. The first kappa shape index (κ1) is 16.9. The van der Waals surface area contributed by atoms with Gasteiger partial charge in [0.1, 0.15) is 0 Å². The van der Waals surface area contributed by atoms with Crippen molar-refractivity contribution in [1.82, 2.24) is 15.5 Å². The number of benzene rings is 1. The van der Waals surface area contributed by atoms with Gasteiger partial charge in [-0.2, -0.15) is 5.10 Å². The van der Waals surface area contributed by atoms with E-state index in [1.165, 1.54) is 5.56 Å². The number of H-pyrrole nitrogens is 1. The number of rotatable bonds is 7. The predicted molar refractivity (Wildman–Crippen MR) is 99.0 cm³/mol. The average molecular weight is 341 g/mol. The number of nitrogens with one attached hydrogen (secondary N) is 2. The highest BCUT2D eigenvalue weighted by Gasteiger charge is 2.14. The molecule has 0 aliphatic rings. The summed E-state index contributed by atoms with van der Waals surface area (Å²) in [6, 6.07) is 12.6. The first-order chi connectivity index (χ1) is 11.6. The molecule has 3 rings (SSSR count). The van der Waals surface area contributed by atoms with Gasteiger partial charge in [0.25, 0.3) is 0 Å². The van der Waals surface area contributed by atoms with Crippen LogP contribution in [-0.4, -0.2) is 21.3 Å². The Balaban J connectivity index is 1.59. The van der Waals surface area contributed by atoms with Crippen molar-refractivity contribution in [3.63, 3.8) is 0 Å². The quantitative estimate of drug-likeness (QED) is 0.607. The molecule has 0 saturated carbocycles. The second-order valence-electron chi connectivity index (χ2n) is 6.19. The number of aromatic nitrogens is 2. The van der Waals surface area contributed by atoms with Crippen molar-refractivity contribution in [3.8, 4) is 11.3 Å². The Morgan fingerprint density at radius 2 is 2.04 bits per heavy atom. The lowest BCUT2D eigenvalue weighted by atomic mass is 10.1. The molecule has 0 radical (unpaired) electrons. The summed E-state index contributed by atoms with van der Waals surface area (Å²) in [5.41, 5.74) is 4.57. The third kappa shape index (κ3) is 4.12. The van der Waals surface area contributed by atoms with Crippen LogP contribution in [0.3, 0.4) is 0 Å². The topological polar surface area (TPSA) is 60.9 Å². The zero-order valence-electron chi connectivity index (χ0n) is 14.0. The van der Waals surface area contributed by atoms with Crippen LogP contribution < -0.4 is 5.32 Å². The molecule has 24 heavy (non-hydrogen) atoms. The standard InChI is InChI=1S/C19H23N3OS/c1-13-5-7-15(8-6-13)19-16(12-21-22-19)11-20-14(2)10-17(23)18-4-3-9-24-18/h3-9,12,14,17,20,23H,10-11H2,1-2H3,(H,21,22). The smallest absolute Gasteiger partial charge is 0.0896 e. The maximum Gasteiger partial charge on any atom is 0.0896 e. The molecule has 0 spiro atoms. The summed E-state index contributed by atoms with van der Waals surface area (Å²) in [5, 5.41) is 23.0. The molecule has 2 aromatic heterocycles. The number of hydrogen-bond acceptors (Lipinski definition) is 4. The number of aliphatic hydroxyl groups is 1. The first-order valence-electron chi connectivity index (χ1n) is 8.17. The van der Waals surface area contributed by atoms with Gasteiger partial charge in [-0.05, 0) is 37.3 Å². The fourth-order valence-corrected chi connectivity index (χ4v) is 3.44. The molecular formula is C19H23N3OS. The highest BCUT2D eigenvalue weighted by molar-refractivity contribution is 7.10. The molecule has 3 aromatic rings. The summed E-state index contributed by atoms with van der Waals surface area (Å²) in [5.74, 6) is 0. The minimum absolute atomic E-state index is 0.211. The summed E-state index contributed by atoms with van der Waals surface area (Å²) in [6.45, 7) is 4.90. The van der Waals surface area contributed by atoms with Crippen molar-refractivity contribution in [2.24, 2.45) is 0 Å². The summed E-state index contributed by atoms with van der Waals surface area (Å²) in [7, 11) is 0. The Hall–Kier alpha value is -1.95. The lowest BCUT2D eigenvalue weighted by molar-refractivity contribution is 0.157. The van der Waals surface area contributed by atoms with E-state index in [1.807, 2.05) is 23.7 Å². The van der Waals surface area contributed by atoms with Crippen molar-refractivity contribution in [2.45, 2.75) is 39.0 Å². The molecule has 0 aliphatic heterocycles. The van der Waals surface area contributed by atoms with Gasteiger partial charge >= 0.3 is 0 Å². The van der Waals surface area contributed by atoms with Gasteiger partial charge < -0.3 is 10.4 Å². The van der Waals surface area contributed by atoms with Crippen LogP contribution in [0, 0.1) is 6.92 Å². The highest BCUT2D eigenvalue weighted by Crippen LogP contribution is 2.24. The maximum absolute atomic E-state index is 10.2. The first-order valence-corrected chi connectivity index (χ1v) is 9.05. The van der Waals surface area contributed by atoms with Gasteiger partial charge in [0, 0.05) is 23.0 Å². The maximum atomic E-state index is 10.2. The van der Waals surface area contributed by atoms with Crippen molar-refractivity contribution < 1.29 is 5.11 Å². The van der Waals surface area contributed by atoms with E-state index >= 15 is 0 Å². The van der Waals surface area contributed by atoms with Gasteiger partial charge in [-0.15, -0.1) is 11.3 Å². The van der Waals surface area contributed by atoms with Gasteiger partial charge in [0.2, 0.25) is 0 Å². The lowest BCUT2D eigenvalue weighted by Crippen LogP contribution is -2.27. The van der Waals surface area contributed by atoms with E-state index < -0.39 is 6.10 Å². The Morgan fingerprint density at radius 3 is 2.75 bits per heavy atom. The monoisotopic (exact) mass is 341 g/mol. The normalized spacial score (nSPS) is 13.8. The molecule has 2 unspecified atom stereocenters. The van der Waals surface area contributed by atoms with E-state index in [0.29, 0.717) is 6.42 Å². The van der Waals surface area contributed by atoms with Crippen molar-refractivity contribution in [1.29, 1.82) is 0 Å². The molecule has 0 amide bonds. The zero-order chi connectivity index (χ0) is 16.9. The zero-order valence-corrected chi connectivity index (χ0v) is 14.8. The largest absolute Gasteiger partial charge is 0.388 e. The molecule has 0 bridgehead atoms. The van der Waals surface area contributed by atoms with Crippen LogP contribution >= 0.6 is 11.3 Å². The Labute approximate surface area is 146 Å². The van der Waals surface area contributed by atoms with Gasteiger partial charge in [-0.1, -0.05) is 35.9 Å². The summed E-state index contributed by atoms with van der Waals surface area (Å²) in [4.78, 5) is 1.02. The Bertz CT molecular complexity index is 749. The molecule has 2 heterocycles. The minimum Gasteiger partial charge on any atom is -0.388 e. The van der Waals surface area contributed by atoms with E-state index in [9.17, 15) is 5.11 Å². The van der Waals surface area contributed by atoms with Crippen LogP contribution in [0.25, 0.3) is 11.3 Å². The Kier molecular flexibility index (Phi) is 5.45. The lowest BCUT2D eigenvalue weighted by Gasteiger charge is -2.17. The predicted octanol–water partition coefficient (Wildman–Crippen LogP) is 4.05. The number of thiophene rings is 1. The van der Waals surface area contributed by atoms with Crippen LogP contribution in [-0.2, 0) is 6.54 Å². The van der Waals surface area contributed by atoms with Crippen molar-refractivity contribution in [3.05, 3.63) is 64.0 Å². The van der Waals surface area contributed by atoms with E-state index in [0.717, 1.165) is 28.2 Å². The fraction of sp³-hybridized carbons (Fsp3) is 0.316. The summed E-state index contributed by atoms with van der Waals surface area (Å²) in [6.07, 6.45) is 2.15. The Morgan fingerprint density at radius 1 is 1.25 bits per heavy atom. The van der Waals surface area contributed by atoms with Gasteiger partial charge in [-0.3, -0.25) is 5.10 Å². The van der Waals surface area contributed by atoms with Gasteiger partial charge in [0.15, 0.2) is 0 Å². The molecule has 126 valence electrons. The second-order valence-corrected chi connectivity index (χ2v) is 7.16. The SMILES string of the molecule is Cc1ccc(-c2[nH]ncc2CNC(C)CC(O)c2cccs2)cc1. The number of aromatic amines is 1. The molecule has 0 aliphatic carbocycles. The van der Waals surface area contributed by atoms with E-state index in [1.54, 1.807) is 11.3 Å². The van der Waals surface area contributed by atoms with E-state index in [4.69, 9.17) is 0 Å². The molecule has 5 heteroatoms. The van der Waals surface area contributed by atoms with Gasteiger partial charge in [0.05, 0.1) is 18.0 Å². The molecule has 4 nitrogen and oxygen atoms in total. The van der Waals surface area contributed by atoms with Crippen LogP contribution in [0.2, 0.25) is 0 Å². The van der Waals surface area contributed by atoms with Crippen LogP contribution in [0.15, 0.2) is 48.0 Å². The van der Waals surface area contributed by atoms with Crippen LogP contribution in [0.4, 0.5) is 0 Å². The number of aliphatic hydroxyl groups excluding tert-OH is 1. The van der Waals surface area contributed by atoms with Crippen LogP contribution in [0.5, 0.6) is 0 Å². The molecule has 0 fully saturated rings. The molecule has 2 atom stereocenters. The minimum atomic E-state index is -0.409. The third-order valence-electron chi connectivity index (χ3n) is 4.15. The summed E-state index contributed by atoms with van der Waals surface area (Å²) >= 11 is 1.60. The molecule has 1 aromatic carbocycles. The van der Waals surface area contributed by atoms with E-state index in [2.05, 4.69) is 53.6 Å². The van der Waals surface area contributed by atoms with Gasteiger partial charge in [-0.25, -0.2) is 0 Å².